The highest BCUT2D eigenvalue weighted by Crippen LogP contribution is 2.38. The van der Waals surface area contributed by atoms with Gasteiger partial charge in [0.25, 0.3) is 5.56 Å². The number of halogens is 1. The smallest absolute Gasteiger partial charge is 0.260 e. The molecule has 1 amide bonds. The Morgan fingerprint density at radius 2 is 1.90 bits per heavy atom. The van der Waals surface area contributed by atoms with Crippen LogP contribution in [-0.4, -0.2) is 85.5 Å². The van der Waals surface area contributed by atoms with Crippen LogP contribution in [0.3, 0.4) is 0 Å². The Morgan fingerprint density at radius 3 is 2.58 bits per heavy atom. The number of aromatic nitrogens is 3. The van der Waals surface area contributed by atoms with Crippen LogP contribution in [0.4, 0.5) is 5.95 Å². The fraction of sp³-hybridized carbons (Fsp3) is 0.429. The van der Waals surface area contributed by atoms with Crippen molar-refractivity contribution in [2.75, 3.05) is 59.4 Å². The molecule has 0 spiro atoms. The molecule has 11 nitrogen and oxygen atoms in total. The van der Waals surface area contributed by atoms with E-state index >= 15 is 0 Å². The predicted octanol–water partition coefficient (Wildman–Crippen LogP) is 2.95. The molecular formula is C28H35ClN6O5. The Kier molecular flexibility index (Phi) is 9.62. The van der Waals surface area contributed by atoms with E-state index in [-0.39, 0.29) is 17.5 Å². The summed E-state index contributed by atoms with van der Waals surface area (Å²) in [5.74, 6) is 1.32. The number of benzene rings is 1. The van der Waals surface area contributed by atoms with Crippen LogP contribution < -0.4 is 25.7 Å². The van der Waals surface area contributed by atoms with Crippen molar-refractivity contribution in [2.24, 2.45) is 0 Å². The van der Waals surface area contributed by atoms with Crippen LogP contribution in [0.2, 0.25) is 5.02 Å². The second-order valence-corrected chi connectivity index (χ2v) is 10.1. The maximum absolute atomic E-state index is 13.9. The van der Waals surface area contributed by atoms with Crippen molar-refractivity contribution in [2.45, 2.75) is 26.4 Å². The maximum atomic E-state index is 13.9. The second kappa shape index (κ2) is 13.1. The number of carbonyl (C=O) groups is 1. The molecule has 214 valence electrons. The van der Waals surface area contributed by atoms with E-state index in [1.54, 1.807) is 47.0 Å². The summed E-state index contributed by atoms with van der Waals surface area (Å²) in [6.45, 7) is 6.89. The van der Waals surface area contributed by atoms with Gasteiger partial charge >= 0.3 is 0 Å². The molecule has 0 saturated carbocycles. The number of hydrogen-bond acceptors (Lipinski definition) is 9. The van der Waals surface area contributed by atoms with Crippen LogP contribution in [0.1, 0.15) is 13.8 Å². The van der Waals surface area contributed by atoms with Gasteiger partial charge in [0.05, 0.1) is 25.8 Å². The Morgan fingerprint density at radius 1 is 1.12 bits per heavy atom. The first kappa shape index (κ1) is 29.3. The summed E-state index contributed by atoms with van der Waals surface area (Å²) in [6, 6.07) is 5.27. The summed E-state index contributed by atoms with van der Waals surface area (Å²) in [6.07, 6.45) is 3.32. The van der Waals surface area contributed by atoms with Gasteiger partial charge in [-0.15, -0.1) is 0 Å². The maximum Gasteiger partial charge on any atom is 0.260 e. The number of pyridine rings is 1. The number of nitrogens with one attached hydrogen (secondary N) is 2. The number of nitrogens with zero attached hydrogens (tertiary/aromatic N) is 4. The van der Waals surface area contributed by atoms with E-state index in [0.29, 0.717) is 84.0 Å². The lowest BCUT2D eigenvalue weighted by atomic mass is 10.0. The minimum absolute atomic E-state index is 0.0174. The third kappa shape index (κ3) is 6.55. The molecule has 0 atom stereocenters. The summed E-state index contributed by atoms with van der Waals surface area (Å²) in [7, 11) is 4.67. The van der Waals surface area contributed by atoms with Gasteiger partial charge in [-0.2, -0.15) is 4.98 Å². The Balaban J connectivity index is 1.65. The number of carbonyl (C=O) groups excluding carboxylic acids is 1. The van der Waals surface area contributed by atoms with Crippen molar-refractivity contribution in [1.29, 1.82) is 0 Å². The van der Waals surface area contributed by atoms with E-state index in [4.69, 9.17) is 25.8 Å². The van der Waals surface area contributed by atoms with Crippen molar-refractivity contribution in [3.8, 4) is 22.6 Å². The summed E-state index contributed by atoms with van der Waals surface area (Å²) >= 11 is 6.66. The summed E-state index contributed by atoms with van der Waals surface area (Å²) < 4.78 is 17.6. The number of likely N-dealkylation sites (tertiary alicyclic amines) is 1. The molecule has 1 fully saturated rings. The van der Waals surface area contributed by atoms with Crippen LogP contribution in [-0.2, 0) is 16.1 Å². The molecule has 0 radical (unpaired) electrons. The highest BCUT2D eigenvalue weighted by molar-refractivity contribution is 6.35. The molecule has 1 saturated heterocycles. The molecule has 12 heteroatoms. The molecule has 1 aliphatic rings. The molecular weight excluding hydrogens is 536 g/mol. The van der Waals surface area contributed by atoms with Crippen LogP contribution in [0, 0.1) is 0 Å². The van der Waals surface area contributed by atoms with E-state index < -0.39 is 0 Å². The highest BCUT2D eigenvalue weighted by atomic mass is 35.5. The van der Waals surface area contributed by atoms with Gasteiger partial charge in [-0.3, -0.25) is 14.2 Å². The highest BCUT2D eigenvalue weighted by Gasteiger charge is 2.29. The first-order chi connectivity index (χ1) is 19.2. The number of methoxy groups -OCH3 is 3. The van der Waals surface area contributed by atoms with E-state index in [2.05, 4.69) is 20.6 Å². The first-order valence-electron chi connectivity index (χ1n) is 13.0. The lowest BCUT2D eigenvalue weighted by Crippen LogP contribution is -2.60. The molecule has 1 aromatic carbocycles. The molecule has 1 aliphatic heterocycles. The molecule has 40 heavy (non-hydrogen) atoms. The average molecular weight is 571 g/mol. The SMILES string of the molecule is COCCNc1ncc2cc(-c3cc(OC)cc(OC)c3Cl)c(=O)n(CCNC3CN(C(=O)C=C(C)C)C3)c2n1. The van der Waals surface area contributed by atoms with Gasteiger partial charge in [-0.25, -0.2) is 4.98 Å². The summed E-state index contributed by atoms with van der Waals surface area (Å²) in [5, 5.41) is 7.54. The number of allylic oxidation sites excluding steroid dienone is 1. The minimum atomic E-state index is -0.262. The number of ether oxygens (including phenoxy) is 3. The third-order valence-electron chi connectivity index (χ3n) is 6.55. The van der Waals surface area contributed by atoms with Crippen LogP contribution in [0.15, 0.2) is 40.8 Å². The zero-order valence-electron chi connectivity index (χ0n) is 23.4. The first-order valence-corrected chi connectivity index (χ1v) is 13.4. The molecule has 0 unspecified atom stereocenters. The Hall–Kier alpha value is -3.67. The molecule has 3 aromatic rings. The van der Waals surface area contributed by atoms with Gasteiger partial charge in [-0.05, 0) is 26.0 Å². The molecule has 3 heterocycles. The van der Waals surface area contributed by atoms with Crippen molar-refractivity contribution in [3.05, 3.63) is 51.4 Å². The monoisotopic (exact) mass is 570 g/mol. The quantitative estimate of drug-likeness (QED) is 0.250. The number of rotatable bonds is 12. The standard InChI is InChI=1S/C28H35ClN6O5/c1-17(2)10-24(36)34-15-19(16-34)30-6-8-35-26-18(14-32-28(33-26)31-7-9-38-3)11-22(27(35)37)21-12-20(39-4)13-23(40-5)25(21)29/h10-14,19,30H,6-9,15-16H2,1-5H3,(H,31,32,33). The zero-order valence-corrected chi connectivity index (χ0v) is 24.2. The van der Waals surface area contributed by atoms with Gasteiger partial charge in [0, 0.05) is 80.7 Å². The average Bonchev–Trinajstić information content (AvgIpc) is 2.90. The van der Waals surface area contributed by atoms with Crippen LogP contribution in [0.5, 0.6) is 11.5 Å². The minimum Gasteiger partial charge on any atom is -0.497 e. The molecule has 0 aliphatic carbocycles. The van der Waals surface area contributed by atoms with Crippen molar-refractivity contribution >= 4 is 34.5 Å². The fourth-order valence-corrected chi connectivity index (χ4v) is 4.74. The van der Waals surface area contributed by atoms with Gasteiger partial charge in [0.1, 0.15) is 17.1 Å². The number of anilines is 1. The van der Waals surface area contributed by atoms with E-state index in [1.807, 2.05) is 13.8 Å². The number of hydrogen-bond donors (Lipinski definition) is 2. The van der Waals surface area contributed by atoms with Crippen molar-refractivity contribution < 1.29 is 19.0 Å². The van der Waals surface area contributed by atoms with Gasteiger partial charge in [0.2, 0.25) is 11.9 Å². The fourth-order valence-electron chi connectivity index (χ4n) is 4.45. The number of fused-ring (bicyclic) bond motifs is 1. The largest absolute Gasteiger partial charge is 0.497 e. The molecule has 0 bridgehead atoms. The van der Waals surface area contributed by atoms with Gasteiger partial charge in [0.15, 0.2) is 0 Å². The number of amides is 1. The summed E-state index contributed by atoms with van der Waals surface area (Å²) in [5.41, 5.74) is 2.06. The van der Waals surface area contributed by atoms with Crippen LogP contribution in [0.25, 0.3) is 22.2 Å². The summed E-state index contributed by atoms with van der Waals surface area (Å²) in [4.78, 5) is 37.0. The van der Waals surface area contributed by atoms with Crippen LogP contribution >= 0.6 is 11.6 Å². The lowest BCUT2D eigenvalue weighted by molar-refractivity contribution is -0.130. The topological polar surface area (TPSA) is 120 Å². The molecule has 2 N–H and O–H groups in total. The van der Waals surface area contributed by atoms with E-state index in [1.165, 1.54) is 14.2 Å². The van der Waals surface area contributed by atoms with Crippen molar-refractivity contribution in [1.82, 2.24) is 24.8 Å². The van der Waals surface area contributed by atoms with Crippen molar-refractivity contribution in [3.63, 3.8) is 0 Å². The third-order valence-corrected chi connectivity index (χ3v) is 6.94. The van der Waals surface area contributed by atoms with E-state index in [0.717, 1.165) is 5.57 Å². The predicted molar refractivity (Wildman–Crippen MR) is 156 cm³/mol. The molecule has 4 rings (SSSR count). The van der Waals surface area contributed by atoms with E-state index in [9.17, 15) is 9.59 Å². The van der Waals surface area contributed by atoms with Gasteiger partial charge < -0.3 is 29.7 Å². The van der Waals surface area contributed by atoms with Gasteiger partial charge in [-0.1, -0.05) is 17.2 Å². The lowest BCUT2D eigenvalue weighted by Gasteiger charge is -2.39. The Labute approximate surface area is 238 Å². The molecule has 2 aromatic heterocycles. The normalized spacial score (nSPS) is 13.2. The second-order valence-electron chi connectivity index (χ2n) is 9.71. The Bertz CT molecular complexity index is 1460. The zero-order chi connectivity index (χ0) is 28.8.